The molecule has 9 heteroatoms. The second-order valence-corrected chi connectivity index (χ2v) is 4.51. The van der Waals surface area contributed by atoms with Crippen LogP contribution in [0.15, 0.2) is 0 Å². The quantitative estimate of drug-likeness (QED) is 0.388. The van der Waals surface area contributed by atoms with Gasteiger partial charge in [-0.05, 0) is 6.92 Å². The Bertz CT molecular complexity index is 549. The molecular weight excluding hydrogens is 303 g/mol. The van der Waals surface area contributed by atoms with Crippen LogP contribution in [0.5, 0.6) is 0 Å². The molecule has 1 aromatic rings. The Morgan fingerprint density at radius 2 is 1.50 bits per heavy atom. The highest BCUT2D eigenvalue weighted by molar-refractivity contribution is 7.80. The molecule has 20 heavy (non-hydrogen) atoms. The molecule has 0 spiro atoms. The van der Waals surface area contributed by atoms with Gasteiger partial charge < -0.3 is 11.1 Å². The van der Waals surface area contributed by atoms with E-state index in [0.29, 0.717) is 0 Å². The fraction of sp³-hybridized carbons (Fsp3) is 0.273. The van der Waals surface area contributed by atoms with E-state index in [0.717, 1.165) is 0 Å². The minimum absolute atomic E-state index is 0.0104. The first-order valence-electron chi connectivity index (χ1n) is 5.27. The minimum atomic E-state index is -2.33. The van der Waals surface area contributed by atoms with Crippen LogP contribution in [0.2, 0.25) is 0 Å². The number of carbonyl (C=O) groups excluding carboxylic acids is 1. The van der Waals surface area contributed by atoms with Crippen molar-refractivity contribution in [1.82, 2.24) is 5.32 Å². The van der Waals surface area contributed by atoms with Crippen LogP contribution in [0.25, 0.3) is 0 Å². The van der Waals surface area contributed by atoms with Gasteiger partial charge in [0.2, 0.25) is 5.82 Å². The van der Waals surface area contributed by atoms with Crippen LogP contribution in [0.3, 0.4) is 0 Å². The molecule has 3 nitrogen and oxygen atoms in total. The number of carbonyl (C=O) groups is 1. The van der Waals surface area contributed by atoms with Crippen molar-refractivity contribution in [2.24, 2.45) is 5.73 Å². The molecule has 1 atom stereocenters. The summed E-state index contributed by atoms with van der Waals surface area (Å²) in [6, 6.07) is -0.727. The lowest BCUT2D eigenvalue weighted by Crippen LogP contribution is -2.36. The second-order valence-electron chi connectivity index (χ2n) is 3.99. The zero-order valence-corrected chi connectivity index (χ0v) is 10.9. The van der Waals surface area contributed by atoms with Crippen LogP contribution in [0.1, 0.15) is 23.7 Å². The van der Waals surface area contributed by atoms with Gasteiger partial charge in [0.15, 0.2) is 23.3 Å². The Hall–Kier alpha value is -1.77. The zero-order chi connectivity index (χ0) is 15.6. The van der Waals surface area contributed by atoms with Crippen molar-refractivity contribution in [3.63, 3.8) is 0 Å². The molecule has 0 aliphatic rings. The van der Waals surface area contributed by atoms with E-state index < -0.39 is 46.6 Å². The average molecular weight is 312 g/mol. The van der Waals surface area contributed by atoms with E-state index in [4.69, 9.17) is 5.73 Å². The Morgan fingerprint density at radius 3 is 1.90 bits per heavy atom. The first-order chi connectivity index (χ1) is 9.16. The molecule has 0 aromatic heterocycles. The number of nitrogens with two attached hydrogens (primary N) is 1. The molecule has 0 saturated carbocycles. The zero-order valence-electron chi connectivity index (χ0n) is 10.1. The van der Waals surface area contributed by atoms with Crippen LogP contribution in [0, 0.1) is 29.1 Å². The summed E-state index contributed by atoms with van der Waals surface area (Å²) < 4.78 is 65.3. The maximum atomic E-state index is 13.3. The molecule has 0 aliphatic heterocycles. The normalized spacial score (nSPS) is 12.1. The van der Waals surface area contributed by atoms with Gasteiger partial charge in [-0.2, -0.15) is 0 Å². The fourth-order valence-electron chi connectivity index (χ4n) is 1.45. The lowest BCUT2D eigenvalue weighted by Gasteiger charge is -2.14. The largest absolute Gasteiger partial charge is 0.393 e. The van der Waals surface area contributed by atoms with Crippen molar-refractivity contribution in [3.05, 3.63) is 34.6 Å². The standard InChI is InChI=1S/C11H9F5N2OS/c1-3(2-4(17)20)18-11(19)5-6(12)8(14)10(16)9(15)7(5)13/h3H,2H2,1H3,(H2,17,20)(H,18,19). The highest BCUT2D eigenvalue weighted by Gasteiger charge is 2.30. The third kappa shape index (κ3) is 3.21. The first-order valence-corrected chi connectivity index (χ1v) is 5.68. The van der Waals surface area contributed by atoms with Crippen molar-refractivity contribution >= 4 is 23.1 Å². The van der Waals surface area contributed by atoms with Crippen LogP contribution < -0.4 is 11.1 Å². The van der Waals surface area contributed by atoms with E-state index in [9.17, 15) is 26.7 Å². The number of thiocarbonyl (C=S) groups is 1. The second kappa shape index (κ2) is 6.12. The first kappa shape index (κ1) is 16.3. The summed E-state index contributed by atoms with van der Waals surface area (Å²) in [6.45, 7) is 1.41. The number of hydrogen-bond donors (Lipinski definition) is 2. The van der Waals surface area contributed by atoms with Crippen molar-refractivity contribution in [1.29, 1.82) is 0 Å². The summed E-state index contributed by atoms with van der Waals surface area (Å²) in [5, 5.41) is 2.04. The highest BCUT2D eigenvalue weighted by Crippen LogP contribution is 2.23. The van der Waals surface area contributed by atoms with E-state index >= 15 is 0 Å². The molecule has 0 fully saturated rings. The molecular formula is C11H9F5N2OS. The minimum Gasteiger partial charge on any atom is -0.393 e. The van der Waals surface area contributed by atoms with Gasteiger partial charge in [0.25, 0.3) is 5.91 Å². The molecule has 0 saturated heterocycles. The highest BCUT2D eigenvalue weighted by atomic mass is 32.1. The summed E-state index contributed by atoms with van der Waals surface area (Å²) in [5.74, 6) is -12.5. The molecule has 1 aromatic carbocycles. The molecule has 0 heterocycles. The number of rotatable bonds is 4. The smallest absolute Gasteiger partial charge is 0.257 e. The number of benzene rings is 1. The molecule has 1 rings (SSSR count). The van der Waals surface area contributed by atoms with E-state index in [1.807, 2.05) is 5.32 Å². The molecule has 3 N–H and O–H groups in total. The Labute approximate surface area is 115 Å². The number of hydrogen-bond acceptors (Lipinski definition) is 2. The average Bonchev–Trinajstić information content (AvgIpc) is 2.33. The molecule has 1 unspecified atom stereocenters. The van der Waals surface area contributed by atoms with Crippen molar-refractivity contribution in [2.45, 2.75) is 19.4 Å². The molecule has 0 bridgehead atoms. The summed E-state index contributed by atoms with van der Waals surface area (Å²) in [4.78, 5) is 11.6. The third-order valence-electron chi connectivity index (χ3n) is 2.32. The maximum absolute atomic E-state index is 13.3. The number of halogens is 5. The van der Waals surface area contributed by atoms with Gasteiger partial charge in [-0.25, -0.2) is 22.0 Å². The molecule has 0 radical (unpaired) electrons. The summed E-state index contributed by atoms with van der Waals surface area (Å²) in [7, 11) is 0. The maximum Gasteiger partial charge on any atom is 0.257 e. The van der Waals surface area contributed by atoms with Gasteiger partial charge in [-0.3, -0.25) is 4.79 Å². The Kier molecular flexibility index (Phi) is 4.98. The molecule has 110 valence electrons. The summed E-state index contributed by atoms with van der Waals surface area (Å²) in [6.07, 6.45) is 0.0104. The number of amides is 1. The van der Waals surface area contributed by atoms with Gasteiger partial charge in [0.05, 0.1) is 4.99 Å². The molecule has 0 aliphatic carbocycles. The van der Waals surface area contributed by atoms with Gasteiger partial charge in [0, 0.05) is 12.5 Å². The summed E-state index contributed by atoms with van der Waals surface area (Å²) in [5.41, 5.74) is 3.65. The van der Waals surface area contributed by atoms with Crippen LogP contribution in [-0.4, -0.2) is 16.9 Å². The van der Waals surface area contributed by atoms with Crippen LogP contribution >= 0.6 is 12.2 Å². The van der Waals surface area contributed by atoms with E-state index in [2.05, 4.69) is 12.2 Å². The van der Waals surface area contributed by atoms with E-state index in [1.54, 1.807) is 0 Å². The predicted octanol–water partition coefficient (Wildman–Crippen LogP) is 2.18. The van der Waals surface area contributed by atoms with Crippen molar-refractivity contribution in [3.8, 4) is 0 Å². The van der Waals surface area contributed by atoms with Crippen LogP contribution in [0.4, 0.5) is 22.0 Å². The van der Waals surface area contributed by atoms with E-state index in [1.165, 1.54) is 6.92 Å². The predicted molar refractivity (Wildman–Crippen MR) is 64.6 cm³/mol. The Morgan fingerprint density at radius 1 is 1.10 bits per heavy atom. The van der Waals surface area contributed by atoms with Gasteiger partial charge in [0.1, 0.15) is 5.56 Å². The van der Waals surface area contributed by atoms with Gasteiger partial charge in [-0.1, -0.05) is 12.2 Å². The van der Waals surface area contributed by atoms with Gasteiger partial charge in [-0.15, -0.1) is 0 Å². The summed E-state index contributed by atoms with van der Waals surface area (Å²) >= 11 is 4.56. The number of nitrogens with one attached hydrogen (secondary N) is 1. The SMILES string of the molecule is CC(CC(N)=S)NC(=O)c1c(F)c(F)c(F)c(F)c1F. The molecule has 1 amide bonds. The lowest BCUT2D eigenvalue weighted by molar-refractivity contribution is 0.0929. The Balaban J connectivity index is 3.14. The fourth-order valence-corrected chi connectivity index (χ4v) is 1.70. The lowest BCUT2D eigenvalue weighted by atomic mass is 10.1. The van der Waals surface area contributed by atoms with Crippen molar-refractivity contribution in [2.75, 3.05) is 0 Å². The van der Waals surface area contributed by atoms with Crippen LogP contribution in [-0.2, 0) is 0 Å². The monoisotopic (exact) mass is 312 g/mol. The van der Waals surface area contributed by atoms with Crippen molar-refractivity contribution < 1.29 is 26.7 Å². The van der Waals surface area contributed by atoms with E-state index in [-0.39, 0.29) is 11.4 Å². The third-order valence-corrected chi connectivity index (χ3v) is 2.49. The topological polar surface area (TPSA) is 55.1 Å². The van der Waals surface area contributed by atoms with Gasteiger partial charge >= 0.3 is 0 Å².